The summed E-state index contributed by atoms with van der Waals surface area (Å²) in [4.78, 5) is 35.2. The van der Waals surface area contributed by atoms with Crippen LogP contribution in [0.25, 0.3) is 0 Å². The highest BCUT2D eigenvalue weighted by atomic mass is 16.3. The summed E-state index contributed by atoms with van der Waals surface area (Å²) < 4.78 is 0. The fraction of sp³-hybridized carbons (Fsp3) is 0.393. The Morgan fingerprint density at radius 2 is 1.69 bits per heavy atom. The minimum absolute atomic E-state index is 0.0188. The van der Waals surface area contributed by atoms with Crippen LogP contribution in [0.4, 0.5) is 5.69 Å². The number of hydrogen-bond acceptors (Lipinski definition) is 6. The number of rotatable bonds is 9. The molecular weight excluding hydrogens is 456 g/mol. The number of hydrogen-bond donors (Lipinski definition) is 4. The molecule has 3 rings (SSSR count). The Bertz CT molecular complexity index is 1020. The topological polar surface area (TPSA) is 111 Å². The predicted molar refractivity (Wildman–Crippen MR) is 145 cm³/mol. The van der Waals surface area contributed by atoms with Gasteiger partial charge in [0.1, 0.15) is 5.70 Å². The highest BCUT2D eigenvalue weighted by molar-refractivity contribution is 6.07. The highest BCUT2D eigenvalue weighted by Crippen LogP contribution is 2.32. The zero-order chi connectivity index (χ0) is 27.1. The number of anilines is 1. The van der Waals surface area contributed by atoms with Gasteiger partial charge in [0.25, 0.3) is 5.91 Å². The van der Waals surface area contributed by atoms with Crippen LogP contribution < -0.4 is 16.0 Å². The third-order valence-corrected chi connectivity index (χ3v) is 5.12. The quantitative estimate of drug-likeness (QED) is 0.298. The number of nitrogens with zero attached hydrogens (tertiary/aromatic N) is 1. The van der Waals surface area contributed by atoms with Crippen LogP contribution in [0.3, 0.4) is 0 Å². The highest BCUT2D eigenvalue weighted by Gasteiger charge is 2.28. The molecule has 0 radical (unpaired) electrons. The second-order valence-electron chi connectivity index (χ2n) is 8.37. The number of allylic oxidation sites excluding steroid dienone is 2. The van der Waals surface area contributed by atoms with E-state index < -0.39 is 0 Å². The number of ketones is 1. The van der Waals surface area contributed by atoms with Gasteiger partial charge in [0.05, 0.1) is 23.7 Å². The molecule has 0 aromatic heterocycles. The number of para-hydroxylation sites is 1. The van der Waals surface area contributed by atoms with E-state index in [4.69, 9.17) is 0 Å². The van der Waals surface area contributed by atoms with Gasteiger partial charge in [-0.25, -0.2) is 0 Å². The average Bonchev–Trinajstić information content (AvgIpc) is 2.87. The number of amides is 2. The summed E-state index contributed by atoms with van der Waals surface area (Å²) in [6, 6.07) is 15.0. The summed E-state index contributed by atoms with van der Waals surface area (Å²) in [5, 5.41) is 19.0. The number of aromatic hydroxyl groups is 1. The van der Waals surface area contributed by atoms with Crippen LogP contribution >= 0.6 is 0 Å². The predicted octanol–water partition coefficient (Wildman–Crippen LogP) is 4.60. The standard InChI is InChI=1S/C15H19N3O3.C10H13NO.C3H8/c1-4-16-11-8-12(19)13(11)17-10-7-5-6-9(14(10)20)15(21)18(2)3;1-2-10(11-8-12)9-6-4-3-5-7-9;1-3-2/h5-7,16-17,20H,4,8H2,1-3H3;3-8,10H,2H2,1H3,(H,11,12);3H2,1-2H3. The molecule has 36 heavy (non-hydrogen) atoms. The van der Waals surface area contributed by atoms with Crippen molar-refractivity contribution in [1.29, 1.82) is 0 Å². The molecule has 8 nitrogen and oxygen atoms in total. The lowest BCUT2D eigenvalue weighted by Crippen LogP contribution is -2.32. The van der Waals surface area contributed by atoms with Crippen molar-refractivity contribution in [2.75, 3.05) is 26.0 Å². The van der Waals surface area contributed by atoms with Crippen molar-refractivity contribution in [3.8, 4) is 5.75 Å². The minimum Gasteiger partial charge on any atom is -0.505 e. The van der Waals surface area contributed by atoms with Gasteiger partial charge in [-0.3, -0.25) is 14.4 Å². The second kappa shape index (κ2) is 16.0. The molecule has 1 atom stereocenters. The van der Waals surface area contributed by atoms with Crippen molar-refractivity contribution >= 4 is 23.8 Å². The maximum absolute atomic E-state index is 12.0. The molecule has 0 heterocycles. The van der Waals surface area contributed by atoms with Crippen LogP contribution in [0.15, 0.2) is 59.9 Å². The van der Waals surface area contributed by atoms with Crippen LogP contribution in [0.1, 0.15) is 68.9 Å². The first-order valence-electron chi connectivity index (χ1n) is 12.3. The lowest BCUT2D eigenvalue weighted by Gasteiger charge is -2.25. The molecule has 1 unspecified atom stereocenters. The lowest BCUT2D eigenvalue weighted by atomic mass is 9.98. The molecule has 8 heteroatoms. The minimum atomic E-state index is -0.294. The molecule has 1 aliphatic rings. The fourth-order valence-corrected chi connectivity index (χ4v) is 3.32. The van der Waals surface area contributed by atoms with Crippen LogP contribution in [-0.4, -0.2) is 48.7 Å². The normalized spacial score (nSPS) is 12.6. The Kier molecular flexibility index (Phi) is 13.4. The Labute approximate surface area is 214 Å². The van der Waals surface area contributed by atoms with E-state index in [1.807, 2.05) is 44.2 Å². The maximum Gasteiger partial charge on any atom is 0.257 e. The molecule has 4 N–H and O–H groups in total. The Morgan fingerprint density at radius 1 is 1.06 bits per heavy atom. The third kappa shape index (κ3) is 8.76. The molecule has 2 aromatic carbocycles. The summed E-state index contributed by atoms with van der Waals surface area (Å²) in [6.45, 7) is 8.97. The molecule has 0 aliphatic heterocycles. The van der Waals surface area contributed by atoms with Crippen LogP contribution in [-0.2, 0) is 9.59 Å². The molecule has 2 amide bonds. The zero-order valence-electron chi connectivity index (χ0n) is 22.2. The van der Waals surface area contributed by atoms with Gasteiger partial charge in [-0.1, -0.05) is 63.6 Å². The SMILES string of the molecule is CCC.CCC(NC=O)c1ccccc1.CCNC1=C(Nc2cccc(C(=O)N(C)C)c2O)C(=O)C1. The van der Waals surface area contributed by atoms with Crippen molar-refractivity contribution in [2.24, 2.45) is 0 Å². The number of carbonyl (C=O) groups excluding carboxylic acids is 3. The molecule has 1 aliphatic carbocycles. The van der Waals surface area contributed by atoms with Gasteiger partial charge in [0, 0.05) is 26.3 Å². The molecule has 0 saturated heterocycles. The van der Waals surface area contributed by atoms with Gasteiger partial charge in [0.2, 0.25) is 6.41 Å². The molecule has 2 aromatic rings. The van der Waals surface area contributed by atoms with Crippen molar-refractivity contribution in [1.82, 2.24) is 15.5 Å². The molecule has 0 spiro atoms. The summed E-state index contributed by atoms with van der Waals surface area (Å²) in [5.41, 5.74) is 2.98. The second-order valence-corrected chi connectivity index (χ2v) is 8.37. The molecule has 0 saturated carbocycles. The van der Waals surface area contributed by atoms with Gasteiger partial charge < -0.3 is 26.0 Å². The number of benzene rings is 2. The van der Waals surface area contributed by atoms with Crippen molar-refractivity contribution in [2.45, 2.75) is 53.0 Å². The van der Waals surface area contributed by atoms with Crippen LogP contribution in [0, 0.1) is 0 Å². The lowest BCUT2D eigenvalue weighted by molar-refractivity contribution is -0.116. The first-order valence-corrected chi connectivity index (χ1v) is 12.3. The first kappa shape index (κ1) is 30.2. The summed E-state index contributed by atoms with van der Waals surface area (Å²) in [7, 11) is 3.23. The number of phenols is 1. The number of nitrogens with one attached hydrogen (secondary N) is 3. The van der Waals surface area contributed by atoms with E-state index in [1.54, 1.807) is 32.3 Å². The summed E-state index contributed by atoms with van der Waals surface area (Å²) in [6.07, 6.45) is 3.29. The number of carbonyl (C=O) groups is 3. The zero-order valence-corrected chi connectivity index (χ0v) is 22.2. The van der Waals surface area contributed by atoms with Crippen LogP contribution in [0.2, 0.25) is 0 Å². The van der Waals surface area contributed by atoms with Gasteiger partial charge in [-0.05, 0) is 31.0 Å². The maximum atomic E-state index is 12.0. The van der Waals surface area contributed by atoms with E-state index in [2.05, 4.69) is 29.8 Å². The monoisotopic (exact) mass is 496 g/mol. The van der Waals surface area contributed by atoms with Gasteiger partial charge >= 0.3 is 0 Å². The summed E-state index contributed by atoms with van der Waals surface area (Å²) >= 11 is 0. The molecule has 196 valence electrons. The molecule has 0 fully saturated rings. The van der Waals surface area contributed by atoms with Crippen molar-refractivity contribution in [3.63, 3.8) is 0 Å². The smallest absolute Gasteiger partial charge is 0.257 e. The van der Waals surface area contributed by atoms with E-state index in [9.17, 15) is 19.5 Å². The van der Waals surface area contributed by atoms with E-state index >= 15 is 0 Å². The molecular formula is C28H40N4O4. The average molecular weight is 497 g/mol. The van der Waals surface area contributed by atoms with Gasteiger partial charge in [-0.2, -0.15) is 0 Å². The summed E-state index contributed by atoms with van der Waals surface area (Å²) in [5.74, 6) is -0.467. The van der Waals surface area contributed by atoms with E-state index in [-0.39, 0.29) is 29.0 Å². The Balaban J connectivity index is 0.000000365. The number of phenolic OH excluding ortho intramolecular Hbond substituents is 1. The van der Waals surface area contributed by atoms with Crippen LogP contribution in [0.5, 0.6) is 5.75 Å². The van der Waals surface area contributed by atoms with Gasteiger partial charge in [0.15, 0.2) is 11.5 Å². The fourth-order valence-electron chi connectivity index (χ4n) is 3.32. The third-order valence-electron chi connectivity index (χ3n) is 5.12. The van der Waals surface area contributed by atoms with E-state index in [1.165, 1.54) is 11.3 Å². The number of Topliss-reactive ketones (excluding diaryl/α,β-unsaturated/α-hetero) is 1. The van der Waals surface area contributed by atoms with Crippen molar-refractivity contribution in [3.05, 3.63) is 71.1 Å². The van der Waals surface area contributed by atoms with E-state index in [0.717, 1.165) is 30.6 Å². The Hall–Kier alpha value is -3.81. The van der Waals surface area contributed by atoms with E-state index in [0.29, 0.717) is 17.8 Å². The molecule has 0 bridgehead atoms. The van der Waals surface area contributed by atoms with Gasteiger partial charge in [-0.15, -0.1) is 0 Å². The largest absolute Gasteiger partial charge is 0.505 e. The van der Waals surface area contributed by atoms with Crippen molar-refractivity contribution < 1.29 is 19.5 Å². The first-order chi connectivity index (χ1) is 17.2. The Morgan fingerprint density at radius 3 is 2.19 bits per heavy atom.